The molecule has 1 fully saturated rings. The van der Waals surface area contributed by atoms with Crippen molar-refractivity contribution < 1.29 is 17.7 Å². The predicted molar refractivity (Wildman–Crippen MR) is 90.2 cm³/mol. The molecule has 0 atom stereocenters. The van der Waals surface area contributed by atoms with Crippen LogP contribution in [0, 0.1) is 6.92 Å². The Morgan fingerprint density at radius 3 is 2.42 bits per heavy atom. The van der Waals surface area contributed by atoms with Crippen molar-refractivity contribution in [2.45, 2.75) is 11.8 Å². The van der Waals surface area contributed by atoms with Crippen LogP contribution in [-0.2, 0) is 10.0 Å². The van der Waals surface area contributed by atoms with Gasteiger partial charge in [0.2, 0.25) is 15.8 Å². The van der Waals surface area contributed by atoms with Gasteiger partial charge in [0, 0.05) is 32.2 Å². The van der Waals surface area contributed by atoms with Gasteiger partial charge in [0.1, 0.15) is 9.23 Å². The van der Waals surface area contributed by atoms with Crippen LogP contribution in [0.25, 0.3) is 0 Å². The van der Waals surface area contributed by atoms with Crippen LogP contribution in [0.5, 0.6) is 0 Å². The van der Waals surface area contributed by atoms with Crippen LogP contribution in [0.2, 0.25) is 8.67 Å². The number of halogens is 2. The first-order chi connectivity index (χ1) is 11.3. The molecule has 0 aromatic carbocycles. The summed E-state index contributed by atoms with van der Waals surface area (Å²) >= 11 is 12.8. The minimum atomic E-state index is -3.73. The first-order valence-electron chi connectivity index (χ1n) is 6.96. The maximum atomic E-state index is 12.6. The Morgan fingerprint density at radius 1 is 1.25 bits per heavy atom. The van der Waals surface area contributed by atoms with E-state index in [-0.39, 0.29) is 47.1 Å². The summed E-state index contributed by atoms with van der Waals surface area (Å²) in [5.74, 6) is -0.152. The Kier molecular flexibility index (Phi) is 4.89. The molecule has 0 spiro atoms. The number of thiophene rings is 1. The second-order valence-corrected chi connectivity index (χ2v) is 9.41. The lowest BCUT2D eigenvalue weighted by Gasteiger charge is -2.33. The van der Waals surface area contributed by atoms with Crippen LogP contribution in [0.1, 0.15) is 16.2 Å². The lowest BCUT2D eigenvalue weighted by atomic mass is 10.3. The lowest BCUT2D eigenvalue weighted by Crippen LogP contribution is -2.50. The Balaban J connectivity index is 1.71. The molecule has 0 N–H and O–H groups in total. The lowest BCUT2D eigenvalue weighted by molar-refractivity contribution is 0.0656. The van der Waals surface area contributed by atoms with Crippen molar-refractivity contribution >= 4 is 50.5 Å². The molecule has 2 aromatic heterocycles. The zero-order valence-electron chi connectivity index (χ0n) is 12.5. The molecule has 0 bridgehead atoms. The fraction of sp³-hybridized carbons (Fsp3) is 0.385. The molecule has 1 amide bonds. The molecule has 0 unspecified atom stereocenters. The van der Waals surface area contributed by atoms with Gasteiger partial charge in [-0.2, -0.15) is 4.31 Å². The fourth-order valence-corrected chi connectivity index (χ4v) is 5.93. The van der Waals surface area contributed by atoms with Crippen LogP contribution < -0.4 is 0 Å². The van der Waals surface area contributed by atoms with Crippen molar-refractivity contribution in [1.82, 2.24) is 14.4 Å². The number of hydrogen-bond acceptors (Lipinski definition) is 6. The summed E-state index contributed by atoms with van der Waals surface area (Å²) in [6, 6.07) is 2.90. The minimum absolute atomic E-state index is 0.00445. The van der Waals surface area contributed by atoms with E-state index < -0.39 is 10.0 Å². The Bertz CT molecular complexity index is 870. The number of aromatic nitrogens is 1. The van der Waals surface area contributed by atoms with E-state index in [1.54, 1.807) is 13.0 Å². The van der Waals surface area contributed by atoms with Crippen molar-refractivity contribution in [3.05, 3.63) is 32.3 Å². The number of aryl methyl sites for hydroxylation is 1. The normalized spacial score (nSPS) is 16.5. The number of nitrogens with zero attached hydrogens (tertiary/aromatic N) is 3. The zero-order chi connectivity index (χ0) is 17.5. The van der Waals surface area contributed by atoms with Gasteiger partial charge in [0.25, 0.3) is 5.91 Å². The number of carbonyl (C=O) groups excluding carboxylic acids is 1. The van der Waals surface area contributed by atoms with Gasteiger partial charge >= 0.3 is 0 Å². The molecular formula is C13H13Cl2N3O4S2. The minimum Gasteiger partial charge on any atom is -0.351 e. The van der Waals surface area contributed by atoms with Crippen LogP contribution in [0.15, 0.2) is 21.6 Å². The third-order valence-corrected chi connectivity index (χ3v) is 7.26. The van der Waals surface area contributed by atoms with E-state index in [9.17, 15) is 13.2 Å². The van der Waals surface area contributed by atoms with E-state index in [0.29, 0.717) is 10.0 Å². The number of hydrogen-bond donors (Lipinski definition) is 0. The second-order valence-electron chi connectivity index (χ2n) is 5.22. The summed E-state index contributed by atoms with van der Waals surface area (Å²) in [6.07, 6.45) is 0. The predicted octanol–water partition coefficient (Wildman–Crippen LogP) is 2.50. The van der Waals surface area contributed by atoms with Crippen LogP contribution >= 0.6 is 34.5 Å². The van der Waals surface area contributed by atoms with Gasteiger partial charge < -0.3 is 9.42 Å². The highest BCUT2D eigenvalue weighted by Gasteiger charge is 2.33. The Labute approximate surface area is 152 Å². The molecule has 0 saturated carbocycles. The molecule has 0 aliphatic carbocycles. The van der Waals surface area contributed by atoms with Gasteiger partial charge in [0.05, 0.1) is 10.0 Å². The zero-order valence-corrected chi connectivity index (χ0v) is 15.7. The molecule has 3 heterocycles. The first-order valence-corrected chi connectivity index (χ1v) is 9.98. The Hall–Kier alpha value is -1.13. The topological polar surface area (TPSA) is 83.7 Å². The third kappa shape index (κ3) is 3.31. The third-order valence-electron chi connectivity index (χ3n) is 3.61. The second kappa shape index (κ2) is 6.64. The van der Waals surface area contributed by atoms with E-state index in [2.05, 4.69) is 5.16 Å². The van der Waals surface area contributed by atoms with Crippen molar-refractivity contribution in [2.24, 2.45) is 0 Å². The van der Waals surface area contributed by atoms with E-state index in [1.807, 2.05) is 0 Å². The highest BCUT2D eigenvalue weighted by Crippen LogP contribution is 2.36. The van der Waals surface area contributed by atoms with Crippen LogP contribution in [0.3, 0.4) is 0 Å². The SMILES string of the molecule is Cc1cc(C(=O)N2CCN(S(=O)(=O)c3cc(Cl)sc3Cl)CC2)on1. The molecule has 24 heavy (non-hydrogen) atoms. The van der Waals surface area contributed by atoms with E-state index >= 15 is 0 Å². The van der Waals surface area contributed by atoms with Crippen molar-refractivity contribution in [3.8, 4) is 0 Å². The first kappa shape index (κ1) is 17.7. The maximum absolute atomic E-state index is 12.6. The Morgan fingerprint density at radius 2 is 1.92 bits per heavy atom. The summed E-state index contributed by atoms with van der Waals surface area (Å²) in [5.41, 5.74) is 0.614. The summed E-state index contributed by atoms with van der Waals surface area (Å²) in [4.78, 5) is 13.8. The molecule has 130 valence electrons. The van der Waals surface area contributed by atoms with Gasteiger partial charge in [-0.15, -0.1) is 11.3 Å². The molecule has 3 rings (SSSR count). The molecule has 2 aromatic rings. The highest BCUT2D eigenvalue weighted by atomic mass is 35.5. The molecule has 11 heteroatoms. The van der Waals surface area contributed by atoms with E-state index in [4.69, 9.17) is 27.7 Å². The number of amides is 1. The van der Waals surface area contributed by atoms with Crippen molar-refractivity contribution in [2.75, 3.05) is 26.2 Å². The highest BCUT2D eigenvalue weighted by molar-refractivity contribution is 7.89. The van der Waals surface area contributed by atoms with Crippen molar-refractivity contribution in [1.29, 1.82) is 0 Å². The van der Waals surface area contributed by atoms with Gasteiger partial charge in [-0.3, -0.25) is 4.79 Å². The number of sulfonamides is 1. The van der Waals surface area contributed by atoms with Gasteiger partial charge in [-0.25, -0.2) is 8.42 Å². The molecular weight excluding hydrogens is 397 g/mol. The fourth-order valence-electron chi connectivity index (χ4n) is 2.39. The molecule has 1 aliphatic rings. The number of carbonyl (C=O) groups is 1. The molecule has 0 radical (unpaired) electrons. The van der Waals surface area contributed by atoms with E-state index in [1.165, 1.54) is 15.3 Å². The number of piperazine rings is 1. The standard InChI is InChI=1S/C13H13Cl2N3O4S2/c1-8-6-9(22-16-8)13(19)17-2-4-18(5-3-17)24(20,21)10-7-11(14)23-12(10)15/h6-7H,2-5H2,1H3. The quantitative estimate of drug-likeness (QED) is 0.777. The summed E-state index contributed by atoms with van der Waals surface area (Å²) in [7, 11) is -3.73. The van der Waals surface area contributed by atoms with Crippen LogP contribution in [-0.4, -0.2) is 54.9 Å². The summed E-state index contributed by atoms with van der Waals surface area (Å²) < 4.78 is 32.0. The average molecular weight is 410 g/mol. The van der Waals surface area contributed by atoms with Gasteiger partial charge in [0.15, 0.2) is 0 Å². The van der Waals surface area contributed by atoms with Crippen LogP contribution in [0.4, 0.5) is 0 Å². The maximum Gasteiger partial charge on any atom is 0.292 e. The monoisotopic (exact) mass is 409 g/mol. The van der Waals surface area contributed by atoms with Gasteiger partial charge in [-0.05, 0) is 13.0 Å². The molecule has 1 saturated heterocycles. The summed E-state index contributed by atoms with van der Waals surface area (Å²) in [5, 5.41) is 3.68. The smallest absolute Gasteiger partial charge is 0.292 e. The van der Waals surface area contributed by atoms with Gasteiger partial charge in [-0.1, -0.05) is 28.4 Å². The molecule has 1 aliphatic heterocycles. The van der Waals surface area contributed by atoms with Crippen molar-refractivity contribution in [3.63, 3.8) is 0 Å². The summed E-state index contributed by atoms with van der Waals surface area (Å²) in [6.45, 7) is 2.58. The molecule has 7 nitrogen and oxygen atoms in total. The number of rotatable bonds is 3. The largest absolute Gasteiger partial charge is 0.351 e. The average Bonchev–Trinajstić information content (AvgIpc) is 3.12. The van der Waals surface area contributed by atoms with E-state index in [0.717, 1.165) is 11.3 Å².